The van der Waals surface area contributed by atoms with Gasteiger partial charge in [-0.2, -0.15) is 0 Å². The van der Waals surface area contributed by atoms with Crippen LogP contribution in [0.4, 0.5) is 0 Å². The van der Waals surface area contributed by atoms with E-state index in [-0.39, 0.29) is 5.91 Å². The Morgan fingerprint density at radius 1 is 0.773 bits per heavy atom. The molecule has 0 aliphatic rings. The van der Waals surface area contributed by atoms with Gasteiger partial charge in [-0.25, -0.2) is 0 Å². The third-order valence-electron chi connectivity index (χ3n) is 3.80. The van der Waals surface area contributed by atoms with Gasteiger partial charge < -0.3 is 10.6 Å². The molecule has 0 saturated carbocycles. The van der Waals surface area contributed by atoms with Gasteiger partial charge in [0.15, 0.2) is 5.11 Å². The number of nitrogens with one attached hydrogen (secondary N) is 2. The lowest BCUT2D eigenvalue weighted by Gasteiger charge is -2.08. The molecule has 0 rings (SSSR count). The standard InChI is InChI=1S/C18H36N2OS/c1-3-5-6-7-8-9-10-11-12-13-14-15-17(21)20-18(22)19-16-4-2/h3-16H2,1-2H3,(H2,19,20,21,22). The summed E-state index contributed by atoms with van der Waals surface area (Å²) in [5.74, 6) is 0.0459. The van der Waals surface area contributed by atoms with Gasteiger partial charge in [0.25, 0.3) is 0 Å². The number of hydrogen-bond acceptors (Lipinski definition) is 2. The van der Waals surface area contributed by atoms with Gasteiger partial charge in [0.2, 0.25) is 5.91 Å². The highest BCUT2D eigenvalue weighted by Crippen LogP contribution is 2.11. The van der Waals surface area contributed by atoms with Crippen molar-refractivity contribution < 1.29 is 4.79 Å². The number of unbranched alkanes of at least 4 members (excludes halogenated alkanes) is 10. The first kappa shape index (κ1) is 21.4. The molecule has 0 radical (unpaired) electrons. The largest absolute Gasteiger partial charge is 0.362 e. The summed E-state index contributed by atoms with van der Waals surface area (Å²) < 4.78 is 0. The van der Waals surface area contributed by atoms with Crippen molar-refractivity contribution in [3.8, 4) is 0 Å². The van der Waals surface area contributed by atoms with Crippen LogP contribution in [0.25, 0.3) is 0 Å². The zero-order chi connectivity index (χ0) is 16.5. The molecule has 4 heteroatoms. The molecular formula is C18H36N2OS. The van der Waals surface area contributed by atoms with Crippen LogP contribution in [0.5, 0.6) is 0 Å². The van der Waals surface area contributed by atoms with E-state index in [1.165, 1.54) is 57.8 Å². The van der Waals surface area contributed by atoms with Crippen LogP contribution >= 0.6 is 12.2 Å². The van der Waals surface area contributed by atoms with Gasteiger partial charge in [0, 0.05) is 13.0 Å². The molecule has 3 nitrogen and oxygen atoms in total. The Labute approximate surface area is 143 Å². The van der Waals surface area contributed by atoms with Crippen molar-refractivity contribution in [2.24, 2.45) is 0 Å². The Morgan fingerprint density at radius 2 is 1.27 bits per heavy atom. The number of hydrogen-bond donors (Lipinski definition) is 2. The maximum absolute atomic E-state index is 11.6. The van der Waals surface area contributed by atoms with Gasteiger partial charge in [-0.3, -0.25) is 4.79 Å². The van der Waals surface area contributed by atoms with E-state index < -0.39 is 0 Å². The molecule has 0 saturated heterocycles. The molecule has 0 aliphatic heterocycles. The predicted molar refractivity (Wildman–Crippen MR) is 100 cm³/mol. The second kappa shape index (κ2) is 16.7. The van der Waals surface area contributed by atoms with E-state index in [9.17, 15) is 4.79 Å². The lowest BCUT2D eigenvalue weighted by atomic mass is 10.1. The number of thiocarbonyl (C=S) groups is 1. The highest BCUT2D eigenvalue weighted by Gasteiger charge is 2.03. The summed E-state index contributed by atoms with van der Waals surface area (Å²) >= 11 is 5.04. The van der Waals surface area contributed by atoms with Crippen molar-refractivity contribution in [3.05, 3.63) is 0 Å². The summed E-state index contributed by atoms with van der Waals surface area (Å²) in [7, 11) is 0. The molecule has 0 unspecified atom stereocenters. The normalized spacial score (nSPS) is 10.5. The zero-order valence-electron chi connectivity index (χ0n) is 14.7. The number of carbonyl (C=O) groups is 1. The fraction of sp³-hybridized carbons (Fsp3) is 0.889. The van der Waals surface area contributed by atoms with Gasteiger partial charge in [-0.1, -0.05) is 78.1 Å². The van der Waals surface area contributed by atoms with Crippen LogP contribution in [0.1, 0.15) is 97.3 Å². The molecule has 0 aromatic carbocycles. The molecule has 0 aromatic heterocycles. The Morgan fingerprint density at radius 3 is 1.77 bits per heavy atom. The van der Waals surface area contributed by atoms with Gasteiger partial charge in [-0.05, 0) is 25.1 Å². The van der Waals surface area contributed by atoms with E-state index in [4.69, 9.17) is 12.2 Å². The van der Waals surface area contributed by atoms with Crippen molar-refractivity contribution in [3.63, 3.8) is 0 Å². The molecular weight excluding hydrogens is 292 g/mol. The van der Waals surface area contributed by atoms with E-state index in [0.717, 1.165) is 25.8 Å². The monoisotopic (exact) mass is 328 g/mol. The van der Waals surface area contributed by atoms with Crippen LogP contribution in [0, 0.1) is 0 Å². The maximum Gasteiger partial charge on any atom is 0.226 e. The minimum atomic E-state index is 0.0459. The Kier molecular flexibility index (Phi) is 16.2. The Hall–Kier alpha value is -0.640. The fourth-order valence-corrected chi connectivity index (χ4v) is 2.64. The summed E-state index contributed by atoms with van der Waals surface area (Å²) in [6, 6.07) is 0. The highest BCUT2D eigenvalue weighted by atomic mass is 32.1. The average Bonchev–Trinajstić information content (AvgIpc) is 2.50. The van der Waals surface area contributed by atoms with Crippen LogP contribution in [-0.4, -0.2) is 17.6 Å². The molecule has 22 heavy (non-hydrogen) atoms. The van der Waals surface area contributed by atoms with Crippen molar-refractivity contribution in [1.82, 2.24) is 10.6 Å². The molecule has 0 aromatic rings. The molecule has 0 spiro atoms. The van der Waals surface area contributed by atoms with Gasteiger partial charge >= 0.3 is 0 Å². The summed E-state index contributed by atoms with van der Waals surface area (Å²) in [6.07, 6.45) is 15.9. The smallest absolute Gasteiger partial charge is 0.226 e. The third-order valence-corrected chi connectivity index (χ3v) is 4.04. The predicted octanol–water partition coefficient (Wildman–Crippen LogP) is 5.09. The fourth-order valence-electron chi connectivity index (χ4n) is 2.42. The maximum atomic E-state index is 11.6. The highest BCUT2D eigenvalue weighted by molar-refractivity contribution is 7.80. The van der Waals surface area contributed by atoms with E-state index in [1.807, 2.05) is 0 Å². The molecule has 2 N–H and O–H groups in total. The molecule has 0 heterocycles. The lowest BCUT2D eigenvalue weighted by Crippen LogP contribution is -2.39. The van der Waals surface area contributed by atoms with Crippen molar-refractivity contribution >= 4 is 23.2 Å². The minimum Gasteiger partial charge on any atom is -0.362 e. The first-order chi connectivity index (χ1) is 10.7. The van der Waals surface area contributed by atoms with Gasteiger partial charge in [0.1, 0.15) is 0 Å². The first-order valence-electron chi connectivity index (χ1n) is 9.28. The second-order valence-corrected chi connectivity index (χ2v) is 6.50. The molecule has 0 aliphatic carbocycles. The average molecular weight is 329 g/mol. The van der Waals surface area contributed by atoms with Crippen LogP contribution in [0.3, 0.4) is 0 Å². The van der Waals surface area contributed by atoms with E-state index >= 15 is 0 Å². The summed E-state index contributed by atoms with van der Waals surface area (Å²) in [6.45, 7) is 5.15. The van der Waals surface area contributed by atoms with Crippen LogP contribution in [-0.2, 0) is 4.79 Å². The van der Waals surface area contributed by atoms with E-state index in [0.29, 0.717) is 11.5 Å². The SMILES string of the molecule is CCCCCCCCCCCCCC(=O)NC(=S)NCCC. The summed E-state index contributed by atoms with van der Waals surface area (Å²) in [5, 5.41) is 6.20. The van der Waals surface area contributed by atoms with Gasteiger partial charge in [0.05, 0.1) is 0 Å². The molecule has 0 bridgehead atoms. The lowest BCUT2D eigenvalue weighted by molar-refractivity contribution is -0.119. The summed E-state index contributed by atoms with van der Waals surface area (Å²) in [5.41, 5.74) is 0. The third kappa shape index (κ3) is 15.7. The molecule has 1 amide bonds. The van der Waals surface area contributed by atoms with Gasteiger partial charge in [-0.15, -0.1) is 0 Å². The number of amides is 1. The number of carbonyl (C=O) groups excluding carboxylic acids is 1. The minimum absolute atomic E-state index is 0.0459. The van der Waals surface area contributed by atoms with E-state index in [2.05, 4.69) is 24.5 Å². The first-order valence-corrected chi connectivity index (χ1v) is 9.69. The quantitative estimate of drug-likeness (QED) is 0.345. The van der Waals surface area contributed by atoms with E-state index in [1.54, 1.807) is 0 Å². The molecule has 0 fully saturated rings. The van der Waals surface area contributed by atoms with Crippen molar-refractivity contribution in [1.29, 1.82) is 0 Å². The summed E-state index contributed by atoms with van der Waals surface area (Å²) in [4.78, 5) is 11.6. The zero-order valence-corrected chi connectivity index (χ0v) is 15.5. The topological polar surface area (TPSA) is 41.1 Å². The Bertz CT molecular complexity index is 282. The second-order valence-electron chi connectivity index (χ2n) is 6.09. The molecule has 130 valence electrons. The van der Waals surface area contributed by atoms with Crippen LogP contribution in [0.2, 0.25) is 0 Å². The van der Waals surface area contributed by atoms with Crippen molar-refractivity contribution in [2.45, 2.75) is 97.3 Å². The van der Waals surface area contributed by atoms with Crippen LogP contribution < -0.4 is 10.6 Å². The Balaban J connectivity index is 3.25. The van der Waals surface area contributed by atoms with Crippen molar-refractivity contribution in [2.75, 3.05) is 6.54 Å². The molecule has 0 atom stereocenters. The van der Waals surface area contributed by atoms with Crippen LogP contribution in [0.15, 0.2) is 0 Å². The number of rotatable bonds is 14.